The molecule has 4 rings (SSSR count). The number of nitrogens with zero attached hydrogens (tertiary/aromatic N) is 2. The van der Waals surface area contributed by atoms with Crippen molar-refractivity contribution in [1.82, 2.24) is 20.5 Å². The second-order valence-corrected chi connectivity index (χ2v) is 9.31. The average molecular weight is 443 g/mol. The van der Waals surface area contributed by atoms with E-state index in [2.05, 4.69) is 45.6 Å². The van der Waals surface area contributed by atoms with Gasteiger partial charge in [-0.2, -0.15) is 5.10 Å². The largest absolute Gasteiger partial charge is 0.347 e. The molecule has 2 N–H and O–H groups in total. The molecular formula is C26H26N4OS. The highest BCUT2D eigenvalue weighted by molar-refractivity contribution is 7.99. The van der Waals surface area contributed by atoms with Gasteiger partial charge in [0.15, 0.2) is 0 Å². The predicted molar refractivity (Wildman–Crippen MR) is 132 cm³/mol. The monoisotopic (exact) mass is 442 g/mol. The summed E-state index contributed by atoms with van der Waals surface area (Å²) in [5, 5.41) is 11.7. The Kier molecular flexibility index (Phi) is 6.42. The van der Waals surface area contributed by atoms with Crippen molar-refractivity contribution < 1.29 is 4.79 Å². The molecular weight excluding hydrogens is 416 g/mol. The number of aromatic amines is 1. The molecule has 0 radical (unpaired) electrons. The van der Waals surface area contributed by atoms with Crippen LogP contribution in [0.4, 0.5) is 0 Å². The lowest BCUT2D eigenvalue weighted by Gasteiger charge is -2.25. The molecule has 6 heteroatoms. The molecule has 4 aromatic rings. The van der Waals surface area contributed by atoms with Gasteiger partial charge < -0.3 is 5.32 Å². The Hall–Kier alpha value is -3.38. The molecule has 0 unspecified atom stereocenters. The SMILES string of the molecule is CCC(C)(C)NC(=O)c1ccccc1Sc1ccc2c(/C=C/c3ccccn3)n[nH]c2c1. The molecule has 0 spiro atoms. The maximum absolute atomic E-state index is 12.9. The Bertz CT molecular complexity index is 1260. The summed E-state index contributed by atoms with van der Waals surface area (Å²) in [5.74, 6) is -0.0514. The Labute approximate surface area is 192 Å². The van der Waals surface area contributed by atoms with Crippen LogP contribution in [-0.2, 0) is 0 Å². The molecule has 0 saturated heterocycles. The minimum atomic E-state index is -0.247. The quantitative estimate of drug-likeness (QED) is 0.358. The minimum absolute atomic E-state index is 0.0514. The molecule has 0 fully saturated rings. The van der Waals surface area contributed by atoms with Crippen LogP contribution in [0.5, 0.6) is 0 Å². The van der Waals surface area contributed by atoms with E-state index in [9.17, 15) is 4.79 Å². The molecule has 2 aromatic heterocycles. The summed E-state index contributed by atoms with van der Waals surface area (Å²) < 4.78 is 0. The van der Waals surface area contributed by atoms with Crippen molar-refractivity contribution in [2.45, 2.75) is 42.5 Å². The lowest BCUT2D eigenvalue weighted by molar-refractivity contribution is 0.0908. The summed E-state index contributed by atoms with van der Waals surface area (Å²) in [6.07, 6.45) is 6.54. The lowest BCUT2D eigenvalue weighted by Crippen LogP contribution is -2.42. The van der Waals surface area contributed by atoms with E-state index in [1.54, 1.807) is 18.0 Å². The zero-order valence-electron chi connectivity index (χ0n) is 18.4. The zero-order chi connectivity index (χ0) is 22.6. The van der Waals surface area contributed by atoms with Crippen LogP contribution in [0.2, 0.25) is 0 Å². The second-order valence-electron chi connectivity index (χ2n) is 8.19. The van der Waals surface area contributed by atoms with E-state index in [1.807, 2.05) is 68.5 Å². The molecule has 2 aromatic carbocycles. The van der Waals surface area contributed by atoms with Crippen molar-refractivity contribution in [3.63, 3.8) is 0 Å². The van der Waals surface area contributed by atoms with E-state index >= 15 is 0 Å². The first-order valence-electron chi connectivity index (χ1n) is 10.6. The van der Waals surface area contributed by atoms with Crippen molar-refractivity contribution in [2.24, 2.45) is 0 Å². The number of hydrogen-bond donors (Lipinski definition) is 2. The standard InChI is InChI=1S/C26H26N4OS/c1-4-26(2,3)28-25(31)21-10-5-6-11-24(21)32-19-13-14-20-22(29-30-23(20)17-19)15-12-18-9-7-8-16-27-18/h5-17H,4H2,1-3H3,(H,28,31)(H,29,30)/b15-12+. The molecule has 162 valence electrons. The third-order valence-electron chi connectivity index (χ3n) is 5.36. The van der Waals surface area contributed by atoms with Gasteiger partial charge in [0, 0.05) is 26.9 Å². The number of amides is 1. The van der Waals surface area contributed by atoms with Gasteiger partial charge in [0.1, 0.15) is 0 Å². The zero-order valence-corrected chi connectivity index (χ0v) is 19.2. The van der Waals surface area contributed by atoms with E-state index in [-0.39, 0.29) is 11.4 Å². The summed E-state index contributed by atoms with van der Waals surface area (Å²) >= 11 is 1.57. The van der Waals surface area contributed by atoms with Gasteiger partial charge in [-0.1, -0.05) is 36.9 Å². The molecule has 0 aliphatic heterocycles. The number of H-pyrrole nitrogens is 1. The van der Waals surface area contributed by atoms with Gasteiger partial charge in [0.05, 0.1) is 22.5 Å². The number of aromatic nitrogens is 3. The Morgan fingerprint density at radius 2 is 1.91 bits per heavy atom. The molecule has 0 aliphatic rings. The fraction of sp³-hybridized carbons (Fsp3) is 0.192. The van der Waals surface area contributed by atoms with Gasteiger partial charge in [0.2, 0.25) is 0 Å². The Balaban J connectivity index is 1.56. The number of rotatable bonds is 7. The maximum atomic E-state index is 12.9. The summed E-state index contributed by atoms with van der Waals surface area (Å²) in [6, 6.07) is 19.7. The van der Waals surface area contributed by atoms with Crippen LogP contribution in [0.25, 0.3) is 23.1 Å². The van der Waals surface area contributed by atoms with Crippen LogP contribution in [0, 0.1) is 0 Å². The highest BCUT2D eigenvalue weighted by Crippen LogP contribution is 2.33. The number of carbonyl (C=O) groups excluding carboxylic acids is 1. The first kappa shape index (κ1) is 21.8. The Morgan fingerprint density at radius 3 is 2.69 bits per heavy atom. The van der Waals surface area contributed by atoms with Crippen molar-refractivity contribution in [2.75, 3.05) is 0 Å². The smallest absolute Gasteiger partial charge is 0.252 e. The van der Waals surface area contributed by atoms with Gasteiger partial charge in [-0.25, -0.2) is 0 Å². The van der Waals surface area contributed by atoms with Gasteiger partial charge >= 0.3 is 0 Å². The van der Waals surface area contributed by atoms with Gasteiger partial charge in [-0.05, 0) is 74.9 Å². The number of benzene rings is 2. The van der Waals surface area contributed by atoms with Crippen molar-refractivity contribution in [1.29, 1.82) is 0 Å². The number of carbonyl (C=O) groups is 1. The van der Waals surface area contributed by atoms with Crippen LogP contribution < -0.4 is 5.32 Å². The van der Waals surface area contributed by atoms with Crippen LogP contribution >= 0.6 is 11.8 Å². The predicted octanol–water partition coefficient (Wildman–Crippen LogP) is 6.20. The number of hydrogen-bond acceptors (Lipinski definition) is 4. The van der Waals surface area contributed by atoms with Gasteiger partial charge in [0.25, 0.3) is 5.91 Å². The summed E-state index contributed by atoms with van der Waals surface area (Å²) in [5.41, 5.74) is 3.14. The van der Waals surface area contributed by atoms with Gasteiger partial charge in [-0.3, -0.25) is 14.9 Å². The van der Waals surface area contributed by atoms with E-state index < -0.39 is 0 Å². The minimum Gasteiger partial charge on any atom is -0.347 e. The van der Waals surface area contributed by atoms with E-state index in [4.69, 9.17) is 0 Å². The normalized spacial score (nSPS) is 11.8. The molecule has 5 nitrogen and oxygen atoms in total. The molecule has 0 aliphatic carbocycles. The first-order chi connectivity index (χ1) is 15.4. The van der Waals surface area contributed by atoms with Crippen molar-refractivity contribution in [3.8, 4) is 0 Å². The summed E-state index contributed by atoms with van der Waals surface area (Å²) in [6.45, 7) is 6.14. The van der Waals surface area contributed by atoms with Crippen LogP contribution in [0.1, 0.15) is 48.9 Å². The number of fused-ring (bicyclic) bond motifs is 1. The van der Waals surface area contributed by atoms with Crippen molar-refractivity contribution in [3.05, 3.63) is 83.8 Å². The number of pyridine rings is 1. The molecule has 0 saturated carbocycles. The van der Waals surface area contributed by atoms with Crippen LogP contribution in [-0.4, -0.2) is 26.6 Å². The second kappa shape index (κ2) is 9.40. The van der Waals surface area contributed by atoms with Gasteiger partial charge in [-0.15, -0.1) is 0 Å². The summed E-state index contributed by atoms with van der Waals surface area (Å²) in [4.78, 5) is 19.2. The van der Waals surface area contributed by atoms with E-state index in [0.29, 0.717) is 5.56 Å². The third-order valence-corrected chi connectivity index (χ3v) is 6.42. The molecule has 1 amide bonds. The fourth-order valence-electron chi connectivity index (χ4n) is 3.18. The lowest BCUT2D eigenvalue weighted by atomic mass is 10.0. The molecule has 32 heavy (non-hydrogen) atoms. The topological polar surface area (TPSA) is 70.7 Å². The maximum Gasteiger partial charge on any atom is 0.252 e. The third kappa shape index (κ3) is 5.08. The molecule has 2 heterocycles. The van der Waals surface area contributed by atoms with E-state index in [0.717, 1.165) is 38.5 Å². The highest BCUT2D eigenvalue weighted by atomic mass is 32.2. The molecule has 0 bridgehead atoms. The average Bonchev–Trinajstić information content (AvgIpc) is 3.20. The van der Waals surface area contributed by atoms with Crippen LogP contribution in [0.3, 0.4) is 0 Å². The molecule has 0 atom stereocenters. The summed E-state index contributed by atoms with van der Waals surface area (Å²) in [7, 11) is 0. The first-order valence-corrected chi connectivity index (χ1v) is 11.4. The number of nitrogens with one attached hydrogen (secondary N) is 2. The van der Waals surface area contributed by atoms with E-state index in [1.165, 1.54) is 0 Å². The van der Waals surface area contributed by atoms with Crippen molar-refractivity contribution >= 4 is 40.7 Å². The Morgan fingerprint density at radius 1 is 1.09 bits per heavy atom. The highest BCUT2D eigenvalue weighted by Gasteiger charge is 2.21. The van der Waals surface area contributed by atoms with Crippen LogP contribution in [0.15, 0.2) is 76.7 Å². The fourth-order valence-corrected chi connectivity index (χ4v) is 4.17.